The summed E-state index contributed by atoms with van der Waals surface area (Å²) in [7, 11) is 0. The number of rotatable bonds is 6. The average molecular weight is 418 g/mol. The number of ether oxygens (including phenoxy) is 2. The van der Waals surface area contributed by atoms with E-state index in [1.807, 2.05) is 6.08 Å². The van der Waals surface area contributed by atoms with Gasteiger partial charge in [-0.1, -0.05) is 45.6 Å². The van der Waals surface area contributed by atoms with Crippen LogP contribution in [0.15, 0.2) is 48.0 Å². The molecule has 30 heavy (non-hydrogen) atoms. The van der Waals surface area contributed by atoms with Crippen LogP contribution in [0, 0.1) is 17.6 Å². The summed E-state index contributed by atoms with van der Waals surface area (Å²) in [6.45, 7) is 11.9. The van der Waals surface area contributed by atoms with Gasteiger partial charge in [-0.2, -0.15) is 4.39 Å². The third kappa shape index (κ3) is 4.72. The van der Waals surface area contributed by atoms with Crippen molar-refractivity contribution in [3.63, 3.8) is 0 Å². The van der Waals surface area contributed by atoms with Gasteiger partial charge in [0, 0.05) is 23.5 Å². The van der Waals surface area contributed by atoms with Gasteiger partial charge in [0.1, 0.15) is 0 Å². The molecule has 2 heterocycles. The highest BCUT2D eigenvalue weighted by Gasteiger charge is 2.28. The largest absolute Gasteiger partial charge is 0.450 e. The maximum Gasteiger partial charge on any atom is 0.202 e. The molecule has 0 spiro atoms. The molecule has 0 bridgehead atoms. The first-order valence-corrected chi connectivity index (χ1v) is 10.6. The van der Waals surface area contributed by atoms with Crippen LogP contribution < -0.4 is 4.74 Å². The van der Waals surface area contributed by atoms with Crippen molar-refractivity contribution >= 4 is 6.08 Å². The second-order valence-corrected chi connectivity index (χ2v) is 8.01. The Kier molecular flexibility index (Phi) is 7.24. The van der Waals surface area contributed by atoms with Gasteiger partial charge in [-0.15, -0.1) is 0 Å². The topological polar surface area (TPSA) is 18.5 Å². The monoisotopic (exact) mass is 418 g/mol. The van der Waals surface area contributed by atoms with E-state index in [0.29, 0.717) is 30.3 Å². The minimum atomic E-state index is -1.12. The van der Waals surface area contributed by atoms with Crippen LogP contribution in [0.4, 0.5) is 13.2 Å². The molecule has 3 rings (SSSR count). The zero-order chi connectivity index (χ0) is 21.8. The van der Waals surface area contributed by atoms with Gasteiger partial charge in [0.15, 0.2) is 23.2 Å². The fourth-order valence-electron chi connectivity index (χ4n) is 3.81. The fourth-order valence-corrected chi connectivity index (χ4v) is 3.81. The molecule has 1 saturated heterocycles. The predicted molar refractivity (Wildman–Crippen MR) is 114 cm³/mol. The Morgan fingerprint density at radius 1 is 1.23 bits per heavy atom. The van der Waals surface area contributed by atoms with Crippen LogP contribution in [0.1, 0.15) is 57.1 Å². The van der Waals surface area contributed by atoms with Crippen molar-refractivity contribution in [3.05, 3.63) is 70.8 Å². The number of allylic oxidation sites excluding steroid dienone is 3. The highest BCUT2D eigenvalue weighted by atomic mass is 19.2. The summed E-state index contributed by atoms with van der Waals surface area (Å²) in [4.78, 5) is 0. The lowest BCUT2D eigenvalue weighted by molar-refractivity contribution is -0.00823. The molecule has 2 unspecified atom stereocenters. The molecule has 1 aromatic rings. The maximum absolute atomic E-state index is 14.7. The summed E-state index contributed by atoms with van der Waals surface area (Å²) in [5.41, 5.74) is 1.19. The van der Waals surface area contributed by atoms with Crippen molar-refractivity contribution < 1.29 is 22.6 Å². The fraction of sp³-hybridized carbons (Fsp3) is 0.440. The molecule has 0 aromatic heterocycles. The van der Waals surface area contributed by atoms with Gasteiger partial charge < -0.3 is 9.47 Å². The van der Waals surface area contributed by atoms with Crippen LogP contribution in [-0.4, -0.2) is 12.7 Å². The molecular formula is C25H29F3O2. The van der Waals surface area contributed by atoms with E-state index in [0.717, 1.165) is 25.7 Å². The normalized spacial score (nSPS) is 23.3. The van der Waals surface area contributed by atoms with E-state index in [1.165, 1.54) is 0 Å². The zero-order valence-corrected chi connectivity index (χ0v) is 17.7. The molecule has 0 amide bonds. The van der Waals surface area contributed by atoms with Crippen molar-refractivity contribution in [2.24, 2.45) is 5.92 Å². The number of hydrogen-bond acceptors (Lipinski definition) is 2. The van der Waals surface area contributed by atoms with Crippen LogP contribution in [0.25, 0.3) is 6.08 Å². The van der Waals surface area contributed by atoms with Gasteiger partial charge in [0.2, 0.25) is 5.82 Å². The molecule has 162 valence electrons. The lowest BCUT2D eigenvalue weighted by Crippen LogP contribution is -2.24. The highest BCUT2D eigenvalue weighted by molar-refractivity contribution is 5.58. The van der Waals surface area contributed by atoms with Gasteiger partial charge >= 0.3 is 0 Å². The van der Waals surface area contributed by atoms with E-state index < -0.39 is 17.5 Å². The summed E-state index contributed by atoms with van der Waals surface area (Å²) in [6.07, 6.45) is 8.40. The predicted octanol–water partition coefficient (Wildman–Crippen LogP) is 7.21. The van der Waals surface area contributed by atoms with Gasteiger partial charge in [0.05, 0.1) is 12.7 Å². The van der Waals surface area contributed by atoms with Crippen molar-refractivity contribution in [1.29, 1.82) is 0 Å². The first-order valence-electron chi connectivity index (χ1n) is 10.6. The number of halogens is 3. The van der Waals surface area contributed by atoms with E-state index in [4.69, 9.17) is 9.47 Å². The van der Waals surface area contributed by atoms with Crippen LogP contribution >= 0.6 is 0 Å². The molecule has 2 aliphatic heterocycles. The van der Waals surface area contributed by atoms with E-state index in [2.05, 4.69) is 20.1 Å². The highest BCUT2D eigenvalue weighted by Crippen LogP contribution is 2.39. The SMILES string of the molecule is C=C(CC)/C(F)=C1/Oc2c(cc(/C=C/C3CCC(CCC)OC3)c(F)c2F)CC1=C. The van der Waals surface area contributed by atoms with E-state index in [-0.39, 0.29) is 35.0 Å². The first-order chi connectivity index (χ1) is 14.3. The van der Waals surface area contributed by atoms with Crippen molar-refractivity contribution in [1.82, 2.24) is 0 Å². The lowest BCUT2D eigenvalue weighted by atomic mass is 9.94. The van der Waals surface area contributed by atoms with E-state index in [1.54, 1.807) is 19.1 Å². The Morgan fingerprint density at radius 2 is 2.00 bits per heavy atom. The molecule has 0 radical (unpaired) electrons. The molecule has 2 aliphatic rings. The quantitative estimate of drug-likeness (QED) is 0.486. The van der Waals surface area contributed by atoms with Crippen LogP contribution in [-0.2, 0) is 11.2 Å². The van der Waals surface area contributed by atoms with Crippen LogP contribution in [0.3, 0.4) is 0 Å². The molecule has 2 atom stereocenters. The summed E-state index contributed by atoms with van der Waals surface area (Å²) < 4.78 is 55.2. The molecule has 1 aromatic carbocycles. The Labute approximate surface area is 176 Å². The van der Waals surface area contributed by atoms with Crippen LogP contribution in [0.2, 0.25) is 0 Å². The minimum absolute atomic E-state index is 0.143. The van der Waals surface area contributed by atoms with Crippen molar-refractivity contribution in [3.8, 4) is 5.75 Å². The van der Waals surface area contributed by atoms with Crippen LogP contribution in [0.5, 0.6) is 5.75 Å². The smallest absolute Gasteiger partial charge is 0.202 e. The van der Waals surface area contributed by atoms with E-state index >= 15 is 0 Å². The second-order valence-electron chi connectivity index (χ2n) is 8.01. The Balaban J connectivity index is 1.81. The van der Waals surface area contributed by atoms with E-state index in [9.17, 15) is 13.2 Å². The summed E-state index contributed by atoms with van der Waals surface area (Å²) >= 11 is 0. The molecular weight excluding hydrogens is 389 g/mol. The molecule has 2 nitrogen and oxygen atoms in total. The standard InChI is InChI=1S/C25H29F3O2/c1-5-7-20-11-9-17(14-29-20)8-10-18-13-19-12-16(4)24(21(26)15(3)6-2)30-25(19)23(28)22(18)27/h8,10,13,17,20H,3-7,9,11-12,14H2,1-2H3/b10-8+,24-21-. The zero-order valence-electron chi connectivity index (χ0n) is 17.7. The second kappa shape index (κ2) is 9.69. The van der Waals surface area contributed by atoms with Crippen molar-refractivity contribution in [2.75, 3.05) is 6.61 Å². The Bertz CT molecular complexity index is 890. The van der Waals surface area contributed by atoms with Gasteiger partial charge in [-0.05, 0) is 42.9 Å². The summed E-state index contributed by atoms with van der Waals surface area (Å²) in [5, 5.41) is 0. The third-order valence-corrected chi connectivity index (χ3v) is 5.70. The number of benzene rings is 1. The average Bonchev–Trinajstić information content (AvgIpc) is 2.75. The van der Waals surface area contributed by atoms with Gasteiger partial charge in [-0.25, -0.2) is 8.78 Å². The Hall–Kier alpha value is -2.27. The van der Waals surface area contributed by atoms with Gasteiger partial charge in [-0.3, -0.25) is 0 Å². The minimum Gasteiger partial charge on any atom is -0.450 e. The molecule has 0 aliphatic carbocycles. The summed E-state index contributed by atoms with van der Waals surface area (Å²) in [6, 6.07) is 1.54. The Morgan fingerprint density at radius 3 is 2.63 bits per heavy atom. The number of hydrogen-bond donors (Lipinski definition) is 0. The molecule has 1 fully saturated rings. The number of fused-ring (bicyclic) bond motifs is 1. The third-order valence-electron chi connectivity index (χ3n) is 5.70. The maximum atomic E-state index is 14.7. The molecule has 5 heteroatoms. The lowest BCUT2D eigenvalue weighted by Gasteiger charge is -2.27. The van der Waals surface area contributed by atoms with Crippen molar-refractivity contribution in [2.45, 2.75) is 58.5 Å². The van der Waals surface area contributed by atoms with Gasteiger partial charge in [0.25, 0.3) is 0 Å². The molecule has 0 N–H and O–H groups in total. The summed E-state index contributed by atoms with van der Waals surface area (Å²) in [5.74, 6) is -3.07. The first kappa shape index (κ1) is 22.4. The molecule has 0 saturated carbocycles.